The molecule has 2 heterocycles. The number of anilines is 1. The Bertz CT molecular complexity index is 1360. The van der Waals surface area contributed by atoms with Gasteiger partial charge < -0.3 is 25.0 Å². The summed E-state index contributed by atoms with van der Waals surface area (Å²) in [4.78, 5) is 29.7. The molecule has 2 aromatic rings. The topological polar surface area (TPSA) is 82.1 Å². The highest BCUT2D eigenvalue weighted by molar-refractivity contribution is 5.92. The van der Waals surface area contributed by atoms with E-state index < -0.39 is 29.0 Å². The summed E-state index contributed by atoms with van der Waals surface area (Å²) in [6.07, 6.45) is -1.61. The molecule has 3 aliphatic rings. The van der Waals surface area contributed by atoms with E-state index in [-0.39, 0.29) is 23.3 Å². The Morgan fingerprint density at radius 2 is 1.62 bits per heavy atom. The maximum Gasteiger partial charge on any atom is 0.416 e. The van der Waals surface area contributed by atoms with E-state index in [2.05, 4.69) is 26.1 Å². The second kappa shape index (κ2) is 12.9. The number of rotatable bonds is 9. The molecule has 1 aliphatic carbocycles. The molecule has 246 valence electrons. The Kier molecular flexibility index (Phi) is 9.45. The van der Waals surface area contributed by atoms with Gasteiger partial charge in [0.05, 0.1) is 23.5 Å². The highest BCUT2D eigenvalue weighted by atomic mass is 19.4. The first kappa shape index (κ1) is 33.1. The molecule has 45 heavy (non-hydrogen) atoms. The van der Waals surface area contributed by atoms with Gasteiger partial charge in [0.15, 0.2) is 0 Å². The minimum Gasteiger partial charge on any atom is -0.494 e. The molecule has 2 saturated heterocycles. The number of alkyl halides is 3. The number of ether oxygens (including phenoxy) is 1. The number of carbonyl (C=O) groups excluding carboxylic acids is 1. The third-order valence-corrected chi connectivity index (χ3v) is 9.81. The number of carboxylic acids is 1. The molecule has 2 atom stereocenters. The van der Waals surface area contributed by atoms with Gasteiger partial charge in [-0.1, -0.05) is 18.2 Å². The molecule has 2 N–H and O–H groups in total. The summed E-state index contributed by atoms with van der Waals surface area (Å²) in [6.45, 7) is 11.4. The average molecular weight is 630 g/mol. The summed E-state index contributed by atoms with van der Waals surface area (Å²) in [5, 5.41) is 13.0. The van der Waals surface area contributed by atoms with Gasteiger partial charge in [0.2, 0.25) is 5.91 Å². The second-order valence-corrected chi connectivity index (χ2v) is 13.9. The lowest BCUT2D eigenvalue weighted by molar-refractivity contribution is -0.142. The predicted octanol–water partition coefficient (Wildman–Crippen LogP) is 6.46. The summed E-state index contributed by atoms with van der Waals surface area (Å²) in [5.74, 6) is -0.274. The number of halogens is 3. The van der Waals surface area contributed by atoms with E-state index in [0.29, 0.717) is 64.2 Å². The molecule has 7 nitrogen and oxygen atoms in total. The number of aliphatic carboxylic acids is 1. The maximum atomic E-state index is 14.3. The first-order valence-corrected chi connectivity index (χ1v) is 16.2. The van der Waals surface area contributed by atoms with Crippen LogP contribution in [0.3, 0.4) is 0 Å². The lowest BCUT2D eigenvalue weighted by Gasteiger charge is -2.38. The number of likely N-dealkylation sites (tertiary alicyclic amines) is 1. The lowest BCUT2D eigenvalue weighted by atomic mass is 9.85. The van der Waals surface area contributed by atoms with Gasteiger partial charge in [-0.05, 0) is 114 Å². The van der Waals surface area contributed by atoms with E-state index in [4.69, 9.17) is 4.74 Å². The van der Waals surface area contributed by atoms with Crippen LogP contribution in [0, 0.1) is 11.8 Å². The van der Waals surface area contributed by atoms with Crippen LogP contribution in [-0.4, -0.2) is 66.8 Å². The van der Waals surface area contributed by atoms with Gasteiger partial charge in [0.1, 0.15) is 5.75 Å². The van der Waals surface area contributed by atoms with Gasteiger partial charge >= 0.3 is 12.1 Å². The summed E-state index contributed by atoms with van der Waals surface area (Å²) < 4.78 is 46.8. The van der Waals surface area contributed by atoms with Crippen molar-refractivity contribution in [3.63, 3.8) is 0 Å². The monoisotopic (exact) mass is 629 g/mol. The summed E-state index contributed by atoms with van der Waals surface area (Å²) in [5.41, 5.74) is 1.01. The number of nitrogens with one attached hydrogen (secondary N) is 1. The van der Waals surface area contributed by atoms with E-state index in [1.807, 2.05) is 41.0 Å². The molecule has 1 amide bonds. The SMILES string of the molecule is CCOc1ccc(C2(C(=O)N3CCC(c4ccc(C(F)(F)F)cc4N4CCC(C(=O)O)CC4)CC3)CC2CNC(C)(C)C)cc1. The molecule has 2 aliphatic heterocycles. The zero-order valence-electron chi connectivity index (χ0n) is 26.8. The highest BCUT2D eigenvalue weighted by Crippen LogP contribution is 2.56. The summed E-state index contributed by atoms with van der Waals surface area (Å²) >= 11 is 0. The van der Waals surface area contributed by atoms with Gasteiger partial charge in [-0.15, -0.1) is 0 Å². The Hall–Kier alpha value is -3.27. The van der Waals surface area contributed by atoms with Crippen molar-refractivity contribution in [1.82, 2.24) is 10.2 Å². The quantitative estimate of drug-likeness (QED) is 0.332. The standard InChI is InChI=1S/C35H46F3N3O4/c1-5-45-28-9-6-25(7-10-28)34(21-27(34)22-39-33(2,3)4)32(44)41-18-12-23(13-19-41)29-11-8-26(35(36,37)38)20-30(29)40-16-14-24(15-17-40)31(42)43/h6-11,20,23-24,27,39H,5,12-19,21-22H2,1-4H3,(H,42,43). The van der Waals surface area contributed by atoms with Crippen LogP contribution in [0.4, 0.5) is 18.9 Å². The zero-order chi connectivity index (χ0) is 32.6. The van der Waals surface area contributed by atoms with Gasteiger partial charge in [0, 0.05) is 37.4 Å². The van der Waals surface area contributed by atoms with E-state index in [9.17, 15) is 27.9 Å². The number of hydrogen-bond acceptors (Lipinski definition) is 5. The molecule has 5 rings (SSSR count). The number of nitrogens with zero attached hydrogens (tertiary/aromatic N) is 2. The second-order valence-electron chi connectivity index (χ2n) is 13.9. The van der Waals surface area contributed by atoms with Crippen LogP contribution in [0.5, 0.6) is 5.75 Å². The van der Waals surface area contributed by atoms with Gasteiger partial charge in [-0.25, -0.2) is 0 Å². The molecule has 1 saturated carbocycles. The van der Waals surface area contributed by atoms with E-state index in [0.717, 1.165) is 35.9 Å². The van der Waals surface area contributed by atoms with Crippen LogP contribution in [0.25, 0.3) is 0 Å². The lowest BCUT2D eigenvalue weighted by Crippen LogP contribution is -2.46. The van der Waals surface area contributed by atoms with Crippen molar-refractivity contribution in [2.75, 3.05) is 44.2 Å². The number of carboxylic acid groups (broad SMARTS) is 1. The average Bonchev–Trinajstić information content (AvgIpc) is 3.75. The number of amides is 1. The first-order chi connectivity index (χ1) is 21.2. The number of benzene rings is 2. The van der Waals surface area contributed by atoms with Crippen LogP contribution < -0.4 is 15.0 Å². The van der Waals surface area contributed by atoms with Crippen molar-refractivity contribution in [2.45, 2.75) is 82.8 Å². The molecular formula is C35H46F3N3O4. The first-order valence-electron chi connectivity index (χ1n) is 16.2. The van der Waals surface area contributed by atoms with Crippen LogP contribution in [0.15, 0.2) is 42.5 Å². The summed E-state index contributed by atoms with van der Waals surface area (Å²) in [6, 6.07) is 11.9. The van der Waals surface area contributed by atoms with Crippen LogP contribution in [0.1, 0.15) is 82.4 Å². The van der Waals surface area contributed by atoms with E-state index in [1.54, 1.807) is 6.07 Å². The predicted molar refractivity (Wildman–Crippen MR) is 168 cm³/mol. The van der Waals surface area contributed by atoms with Crippen molar-refractivity contribution >= 4 is 17.6 Å². The minimum absolute atomic E-state index is 0.00233. The third kappa shape index (κ3) is 7.26. The van der Waals surface area contributed by atoms with E-state index >= 15 is 0 Å². The minimum atomic E-state index is -4.47. The molecular weight excluding hydrogens is 583 g/mol. The van der Waals surface area contributed by atoms with Crippen LogP contribution in [-0.2, 0) is 21.2 Å². The molecule has 2 unspecified atom stereocenters. The van der Waals surface area contributed by atoms with Gasteiger partial charge in [-0.2, -0.15) is 13.2 Å². The maximum absolute atomic E-state index is 14.3. The van der Waals surface area contributed by atoms with Crippen LogP contribution in [0.2, 0.25) is 0 Å². The molecule has 3 fully saturated rings. The van der Waals surface area contributed by atoms with E-state index in [1.165, 1.54) is 6.07 Å². The zero-order valence-corrected chi connectivity index (χ0v) is 26.8. The Morgan fingerprint density at radius 3 is 2.18 bits per heavy atom. The van der Waals surface area contributed by atoms with Gasteiger partial charge in [-0.3, -0.25) is 9.59 Å². The largest absolute Gasteiger partial charge is 0.494 e. The molecule has 10 heteroatoms. The Balaban J connectivity index is 1.34. The molecule has 0 aromatic heterocycles. The molecule has 0 bridgehead atoms. The smallest absolute Gasteiger partial charge is 0.416 e. The third-order valence-electron chi connectivity index (χ3n) is 9.81. The Labute approximate surface area is 264 Å². The fraction of sp³-hybridized carbons (Fsp3) is 0.600. The molecule has 2 aromatic carbocycles. The highest BCUT2D eigenvalue weighted by Gasteiger charge is 2.62. The molecule has 0 spiro atoms. The van der Waals surface area contributed by atoms with Crippen molar-refractivity contribution in [3.8, 4) is 5.75 Å². The van der Waals surface area contributed by atoms with Crippen molar-refractivity contribution in [2.24, 2.45) is 11.8 Å². The molecule has 0 radical (unpaired) electrons. The van der Waals surface area contributed by atoms with Crippen molar-refractivity contribution < 1.29 is 32.6 Å². The van der Waals surface area contributed by atoms with Crippen LogP contribution >= 0.6 is 0 Å². The summed E-state index contributed by atoms with van der Waals surface area (Å²) in [7, 11) is 0. The normalized spacial score (nSPS) is 23.2. The Morgan fingerprint density at radius 1 is 0.978 bits per heavy atom. The van der Waals surface area contributed by atoms with Crippen molar-refractivity contribution in [3.05, 3.63) is 59.2 Å². The van der Waals surface area contributed by atoms with Crippen molar-refractivity contribution in [1.29, 1.82) is 0 Å². The number of carbonyl (C=O) groups is 2. The number of piperidine rings is 2. The number of hydrogen-bond donors (Lipinski definition) is 2. The fourth-order valence-electron chi connectivity index (χ4n) is 7.14. The van der Waals surface area contributed by atoms with Gasteiger partial charge in [0.25, 0.3) is 0 Å². The fourth-order valence-corrected chi connectivity index (χ4v) is 7.14.